The second kappa shape index (κ2) is 6.86. The summed E-state index contributed by atoms with van der Waals surface area (Å²) in [5, 5.41) is 0. The minimum absolute atomic E-state index is 0.166. The number of piperidine rings is 1. The Morgan fingerprint density at radius 3 is 2.48 bits per heavy atom. The molecule has 0 bridgehead atoms. The van der Waals surface area contributed by atoms with E-state index in [0.29, 0.717) is 5.92 Å². The van der Waals surface area contributed by atoms with E-state index in [2.05, 4.69) is 12.1 Å². The molecular weight excluding hydrogens is 284 g/mol. The number of nitrogen functional groups attached to an aromatic ring is 1. The molecule has 23 heavy (non-hydrogen) atoms. The van der Waals surface area contributed by atoms with Crippen molar-refractivity contribution in [1.29, 1.82) is 0 Å². The van der Waals surface area contributed by atoms with Crippen molar-refractivity contribution in [2.45, 2.75) is 26.2 Å². The number of carbonyl (C=O) groups is 1. The topological polar surface area (TPSA) is 46.3 Å². The number of hydrogen-bond acceptors (Lipinski definition) is 2. The lowest BCUT2D eigenvalue weighted by Gasteiger charge is -2.32. The fourth-order valence-electron chi connectivity index (χ4n) is 3.29. The first kappa shape index (κ1) is 15.6. The minimum Gasteiger partial charge on any atom is -0.399 e. The first-order chi connectivity index (χ1) is 11.1. The third kappa shape index (κ3) is 3.92. The molecular formula is C20H24N2O. The van der Waals surface area contributed by atoms with Crippen LogP contribution in [-0.4, -0.2) is 23.9 Å². The van der Waals surface area contributed by atoms with Crippen LogP contribution in [0.25, 0.3) is 0 Å². The van der Waals surface area contributed by atoms with Crippen LogP contribution in [0.3, 0.4) is 0 Å². The number of amides is 1. The Balaban J connectivity index is 1.55. The summed E-state index contributed by atoms with van der Waals surface area (Å²) in [4.78, 5) is 14.6. The molecule has 3 rings (SSSR count). The molecule has 0 radical (unpaired) electrons. The lowest BCUT2D eigenvalue weighted by Crippen LogP contribution is -2.38. The van der Waals surface area contributed by atoms with Gasteiger partial charge in [-0.05, 0) is 61.9 Å². The second-order valence-electron chi connectivity index (χ2n) is 6.55. The predicted molar refractivity (Wildman–Crippen MR) is 94.4 cm³/mol. The summed E-state index contributed by atoms with van der Waals surface area (Å²) in [5.41, 5.74) is 9.82. The van der Waals surface area contributed by atoms with Crippen LogP contribution >= 0.6 is 0 Å². The predicted octanol–water partition coefficient (Wildman–Crippen LogP) is 3.67. The van der Waals surface area contributed by atoms with Gasteiger partial charge in [0, 0.05) is 24.3 Å². The Labute approximate surface area is 138 Å². The summed E-state index contributed by atoms with van der Waals surface area (Å²) >= 11 is 0. The highest BCUT2D eigenvalue weighted by molar-refractivity contribution is 5.94. The molecule has 2 aromatic carbocycles. The number of likely N-dealkylation sites (tertiary alicyclic amines) is 1. The van der Waals surface area contributed by atoms with Gasteiger partial charge < -0.3 is 10.6 Å². The summed E-state index contributed by atoms with van der Waals surface area (Å²) in [7, 11) is 0. The van der Waals surface area contributed by atoms with E-state index in [1.807, 2.05) is 48.2 Å². The fraction of sp³-hybridized carbons (Fsp3) is 0.350. The third-order valence-electron chi connectivity index (χ3n) is 4.67. The van der Waals surface area contributed by atoms with E-state index in [4.69, 9.17) is 5.73 Å². The average molecular weight is 308 g/mol. The first-order valence-electron chi connectivity index (χ1n) is 8.32. The van der Waals surface area contributed by atoms with Gasteiger partial charge in [0.15, 0.2) is 0 Å². The zero-order chi connectivity index (χ0) is 16.2. The molecule has 0 aromatic heterocycles. The molecule has 1 amide bonds. The van der Waals surface area contributed by atoms with Crippen molar-refractivity contribution in [3.8, 4) is 0 Å². The van der Waals surface area contributed by atoms with Crippen LogP contribution in [0.2, 0.25) is 0 Å². The van der Waals surface area contributed by atoms with Crippen molar-refractivity contribution in [2.75, 3.05) is 18.8 Å². The lowest BCUT2D eigenvalue weighted by atomic mass is 9.90. The van der Waals surface area contributed by atoms with Gasteiger partial charge in [-0.3, -0.25) is 4.79 Å². The van der Waals surface area contributed by atoms with E-state index >= 15 is 0 Å². The standard InChI is InChI=1S/C20H24N2O/c1-15-3-2-4-18(13-15)20(23)22-11-9-17(10-12-22)14-16-5-7-19(21)8-6-16/h2-8,13,17H,9-12,14,21H2,1H3. The zero-order valence-electron chi connectivity index (χ0n) is 13.7. The van der Waals surface area contributed by atoms with Crippen LogP contribution in [0.5, 0.6) is 0 Å². The van der Waals surface area contributed by atoms with Gasteiger partial charge in [0.25, 0.3) is 5.91 Å². The van der Waals surface area contributed by atoms with Crippen molar-refractivity contribution in [3.05, 3.63) is 65.2 Å². The number of nitrogens with zero attached hydrogens (tertiary/aromatic N) is 1. The van der Waals surface area contributed by atoms with Gasteiger partial charge >= 0.3 is 0 Å². The minimum atomic E-state index is 0.166. The fourth-order valence-corrected chi connectivity index (χ4v) is 3.29. The summed E-state index contributed by atoms with van der Waals surface area (Å²) in [6.45, 7) is 3.73. The normalized spacial score (nSPS) is 15.6. The average Bonchev–Trinajstić information content (AvgIpc) is 2.57. The first-order valence-corrected chi connectivity index (χ1v) is 8.32. The van der Waals surface area contributed by atoms with Crippen molar-refractivity contribution in [2.24, 2.45) is 5.92 Å². The number of nitrogens with two attached hydrogens (primary N) is 1. The highest BCUT2D eigenvalue weighted by Crippen LogP contribution is 2.23. The number of benzene rings is 2. The molecule has 0 unspecified atom stereocenters. The molecule has 1 aliphatic rings. The Morgan fingerprint density at radius 1 is 1.13 bits per heavy atom. The molecule has 1 fully saturated rings. The smallest absolute Gasteiger partial charge is 0.253 e. The number of anilines is 1. The van der Waals surface area contributed by atoms with Crippen LogP contribution in [0, 0.1) is 12.8 Å². The quantitative estimate of drug-likeness (QED) is 0.879. The van der Waals surface area contributed by atoms with Gasteiger partial charge in [0.05, 0.1) is 0 Å². The molecule has 1 aliphatic heterocycles. The van der Waals surface area contributed by atoms with Gasteiger partial charge in [0.2, 0.25) is 0 Å². The van der Waals surface area contributed by atoms with Gasteiger partial charge in [0.1, 0.15) is 0 Å². The largest absolute Gasteiger partial charge is 0.399 e. The molecule has 1 saturated heterocycles. The molecule has 0 saturated carbocycles. The second-order valence-corrected chi connectivity index (χ2v) is 6.55. The number of hydrogen-bond donors (Lipinski definition) is 1. The van der Waals surface area contributed by atoms with E-state index in [1.54, 1.807) is 0 Å². The van der Waals surface area contributed by atoms with Gasteiger partial charge in [-0.2, -0.15) is 0 Å². The molecule has 0 atom stereocenters. The summed E-state index contributed by atoms with van der Waals surface area (Å²) in [6.07, 6.45) is 3.22. The number of carbonyl (C=O) groups excluding carboxylic acids is 1. The Hall–Kier alpha value is -2.29. The van der Waals surface area contributed by atoms with Crippen LogP contribution in [0.1, 0.15) is 34.3 Å². The van der Waals surface area contributed by atoms with Gasteiger partial charge in [-0.15, -0.1) is 0 Å². The molecule has 1 heterocycles. The molecule has 120 valence electrons. The Bertz CT molecular complexity index is 670. The van der Waals surface area contributed by atoms with E-state index in [9.17, 15) is 4.79 Å². The number of rotatable bonds is 3. The summed E-state index contributed by atoms with van der Waals surface area (Å²) in [5.74, 6) is 0.819. The van der Waals surface area contributed by atoms with Gasteiger partial charge in [-0.25, -0.2) is 0 Å². The monoisotopic (exact) mass is 308 g/mol. The van der Waals surface area contributed by atoms with Crippen molar-refractivity contribution in [3.63, 3.8) is 0 Å². The van der Waals surface area contributed by atoms with Crippen LogP contribution < -0.4 is 5.73 Å². The maximum Gasteiger partial charge on any atom is 0.253 e. The number of aryl methyl sites for hydroxylation is 1. The maximum absolute atomic E-state index is 12.6. The van der Waals surface area contributed by atoms with E-state index < -0.39 is 0 Å². The molecule has 0 aliphatic carbocycles. The van der Waals surface area contributed by atoms with Crippen molar-refractivity contribution < 1.29 is 4.79 Å². The Morgan fingerprint density at radius 2 is 1.83 bits per heavy atom. The van der Waals surface area contributed by atoms with Gasteiger partial charge in [-0.1, -0.05) is 29.8 Å². The molecule has 0 spiro atoms. The van der Waals surface area contributed by atoms with E-state index in [-0.39, 0.29) is 5.91 Å². The lowest BCUT2D eigenvalue weighted by molar-refractivity contribution is 0.0690. The third-order valence-corrected chi connectivity index (χ3v) is 4.67. The molecule has 2 aromatic rings. The SMILES string of the molecule is Cc1cccc(C(=O)N2CCC(Cc3ccc(N)cc3)CC2)c1. The van der Waals surface area contributed by atoms with E-state index in [0.717, 1.165) is 49.2 Å². The zero-order valence-corrected chi connectivity index (χ0v) is 13.7. The molecule has 2 N–H and O–H groups in total. The maximum atomic E-state index is 12.6. The summed E-state index contributed by atoms with van der Waals surface area (Å²) in [6, 6.07) is 16.0. The molecule has 3 heteroatoms. The van der Waals surface area contributed by atoms with Crippen LogP contribution in [0.4, 0.5) is 5.69 Å². The van der Waals surface area contributed by atoms with Crippen molar-refractivity contribution in [1.82, 2.24) is 4.90 Å². The Kier molecular flexibility index (Phi) is 4.65. The highest BCUT2D eigenvalue weighted by Gasteiger charge is 2.23. The van der Waals surface area contributed by atoms with Crippen molar-refractivity contribution >= 4 is 11.6 Å². The summed E-state index contributed by atoms with van der Waals surface area (Å²) < 4.78 is 0. The van der Waals surface area contributed by atoms with Crippen LogP contribution in [0.15, 0.2) is 48.5 Å². The van der Waals surface area contributed by atoms with Crippen LogP contribution in [-0.2, 0) is 6.42 Å². The van der Waals surface area contributed by atoms with E-state index in [1.165, 1.54) is 5.56 Å². The molecule has 3 nitrogen and oxygen atoms in total. The highest BCUT2D eigenvalue weighted by atomic mass is 16.2.